The Labute approximate surface area is 119 Å². The van der Waals surface area contributed by atoms with Crippen molar-refractivity contribution in [1.82, 2.24) is 10.5 Å². The zero-order valence-corrected chi connectivity index (χ0v) is 12.1. The Morgan fingerprint density at radius 2 is 2.26 bits per heavy atom. The number of methoxy groups -OCH3 is 1. The van der Waals surface area contributed by atoms with Gasteiger partial charge in [0.25, 0.3) is 5.91 Å². The molecule has 0 aliphatic heterocycles. The average Bonchev–Trinajstić information content (AvgIpc) is 2.92. The Balaban J connectivity index is 2.16. The minimum absolute atomic E-state index is 0.202. The van der Waals surface area contributed by atoms with Crippen LogP contribution in [0.5, 0.6) is 5.75 Å². The van der Waals surface area contributed by atoms with Gasteiger partial charge in [-0.05, 0) is 19.1 Å². The van der Waals surface area contributed by atoms with Gasteiger partial charge in [-0.3, -0.25) is 4.79 Å². The van der Waals surface area contributed by atoms with Gasteiger partial charge in [-0.1, -0.05) is 27.2 Å². The Bertz CT molecular complexity index is 569. The summed E-state index contributed by atoms with van der Waals surface area (Å²) in [6, 6.07) is 6.97. The zero-order valence-electron chi connectivity index (χ0n) is 10.5. The SMILES string of the molecule is COc1cc(Br)ccc1[C@@H](C)NC(=O)c1ccon1. The maximum atomic E-state index is 11.9. The van der Waals surface area contributed by atoms with Crippen LogP contribution in [0.15, 0.2) is 39.5 Å². The summed E-state index contributed by atoms with van der Waals surface area (Å²) in [5.41, 5.74) is 1.14. The topological polar surface area (TPSA) is 64.4 Å². The number of nitrogens with one attached hydrogen (secondary N) is 1. The first-order valence-electron chi connectivity index (χ1n) is 5.66. The molecule has 1 atom stereocenters. The fourth-order valence-electron chi connectivity index (χ4n) is 1.72. The molecule has 0 unspecified atom stereocenters. The van der Waals surface area contributed by atoms with E-state index in [0.717, 1.165) is 10.0 Å². The molecular formula is C13H13BrN2O3. The molecule has 1 N–H and O–H groups in total. The molecule has 1 heterocycles. The molecule has 1 aromatic carbocycles. The van der Waals surface area contributed by atoms with Crippen LogP contribution in [0, 0.1) is 0 Å². The normalized spacial score (nSPS) is 11.9. The van der Waals surface area contributed by atoms with Gasteiger partial charge in [-0.2, -0.15) is 0 Å². The summed E-state index contributed by atoms with van der Waals surface area (Å²) in [6.45, 7) is 1.88. The number of nitrogens with zero attached hydrogens (tertiary/aromatic N) is 1. The molecule has 0 saturated heterocycles. The van der Waals surface area contributed by atoms with Gasteiger partial charge < -0.3 is 14.6 Å². The monoisotopic (exact) mass is 324 g/mol. The Hall–Kier alpha value is -1.82. The van der Waals surface area contributed by atoms with E-state index in [0.29, 0.717) is 5.75 Å². The molecule has 2 rings (SSSR count). The molecule has 100 valence electrons. The Morgan fingerprint density at radius 3 is 2.89 bits per heavy atom. The van der Waals surface area contributed by atoms with Gasteiger partial charge in [-0.25, -0.2) is 0 Å². The van der Waals surface area contributed by atoms with E-state index in [1.165, 1.54) is 12.3 Å². The lowest BCUT2D eigenvalue weighted by Crippen LogP contribution is -2.27. The largest absolute Gasteiger partial charge is 0.496 e. The van der Waals surface area contributed by atoms with Crippen LogP contribution in [0.1, 0.15) is 29.0 Å². The standard InChI is InChI=1S/C13H13BrN2O3/c1-8(15-13(17)11-5-6-19-16-11)10-4-3-9(14)7-12(10)18-2/h3-8H,1-2H3,(H,15,17)/t8-/m1/s1. The van der Waals surface area contributed by atoms with Crippen LogP contribution >= 0.6 is 15.9 Å². The second-order valence-electron chi connectivity index (χ2n) is 3.97. The van der Waals surface area contributed by atoms with Crippen LogP contribution in [-0.2, 0) is 0 Å². The molecule has 0 spiro atoms. The number of carbonyl (C=O) groups excluding carboxylic acids is 1. The van der Waals surface area contributed by atoms with E-state index in [2.05, 4.69) is 30.9 Å². The fraction of sp³-hybridized carbons (Fsp3) is 0.231. The average molecular weight is 325 g/mol. The first-order valence-corrected chi connectivity index (χ1v) is 6.46. The quantitative estimate of drug-likeness (QED) is 0.939. The first kappa shape index (κ1) is 13.6. The van der Waals surface area contributed by atoms with Crippen molar-refractivity contribution in [2.75, 3.05) is 7.11 Å². The van der Waals surface area contributed by atoms with Crippen LogP contribution in [0.3, 0.4) is 0 Å². The number of aromatic nitrogens is 1. The lowest BCUT2D eigenvalue weighted by molar-refractivity contribution is 0.0930. The summed E-state index contributed by atoms with van der Waals surface area (Å²) in [5.74, 6) is 0.425. The van der Waals surface area contributed by atoms with Crippen LogP contribution < -0.4 is 10.1 Å². The van der Waals surface area contributed by atoms with Gasteiger partial charge in [-0.15, -0.1) is 0 Å². The smallest absolute Gasteiger partial charge is 0.273 e. The van der Waals surface area contributed by atoms with Crippen molar-refractivity contribution in [2.45, 2.75) is 13.0 Å². The molecule has 2 aromatic rings. The lowest BCUT2D eigenvalue weighted by Gasteiger charge is -2.16. The number of benzene rings is 1. The highest BCUT2D eigenvalue weighted by atomic mass is 79.9. The summed E-state index contributed by atoms with van der Waals surface area (Å²) in [7, 11) is 1.59. The second-order valence-corrected chi connectivity index (χ2v) is 4.88. The van der Waals surface area contributed by atoms with E-state index in [9.17, 15) is 4.79 Å². The summed E-state index contributed by atoms with van der Waals surface area (Å²) >= 11 is 3.38. The highest BCUT2D eigenvalue weighted by molar-refractivity contribution is 9.10. The van der Waals surface area contributed by atoms with Gasteiger partial charge in [0, 0.05) is 16.1 Å². The number of ether oxygens (including phenoxy) is 1. The zero-order chi connectivity index (χ0) is 13.8. The molecule has 1 aromatic heterocycles. The molecule has 0 fully saturated rings. The minimum atomic E-state index is -0.286. The molecule has 1 amide bonds. The molecule has 0 aliphatic carbocycles. The van der Waals surface area contributed by atoms with Gasteiger partial charge in [0.15, 0.2) is 5.69 Å². The van der Waals surface area contributed by atoms with Crippen LogP contribution in [0.2, 0.25) is 0 Å². The van der Waals surface area contributed by atoms with E-state index < -0.39 is 0 Å². The third kappa shape index (κ3) is 3.14. The van der Waals surface area contributed by atoms with Crippen molar-refractivity contribution in [3.63, 3.8) is 0 Å². The van der Waals surface area contributed by atoms with Crippen LogP contribution in [0.25, 0.3) is 0 Å². The van der Waals surface area contributed by atoms with Gasteiger partial charge in [0.2, 0.25) is 0 Å². The number of hydrogen-bond acceptors (Lipinski definition) is 4. The predicted molar refractivity (Wildman–Crippen MR) is 73.1 cm³/mol. The predicted octanol–water partition coefficient (Wildman–Crippen LogP) is 2.94. The van der Waals surface area contributed by atoms with E-state index in [1.807, 2.05) is 25.1 Å². The van der Waals surface area contributed by atoms with Crippen LogP contribution in [0.4, 0.5) is 0 Å². The first-order chi connectivity index (χ1) is 9.11. The third-order valence-corrected chi connectivity index (χ3v) is 3.17. The Kier molecular flexibility index (Phi) is 4.21. The van der Waals surface area contributed by atoms with Gasteiger partial charge >= 0.3 is 0 Å². The summed E-state index contributed by atoms with van der Waals surface area (Å²) in [5, 5.41) is 6.43. The van der Waals surface area contributed by atoms with E-state index in [-0.39, 0.29) is 17.6 Å². The fourth-order valence-corrected chi connectivity index (χ4v) is 2.06. The third-order valence-electron chi connectivity index (χ3n) is 2.68. The number of amides is 1. The van der Waals surface area contributed by atoms with E-state index >= 15 is 0 Å². The maximum Gasteiger partial charge on any atom is 0.273 e. The highest BCUT2D eigenvalue weighted by Crippen LogP contribution is 2.28. The molecule has 0 saturated carbocycles. The molecule has 5 nitrogen and oxygen atoms in total. The lowest BCUT2D eigenvalue weighted by atomic mass is 10.1. The van der Waals surface area contributed by atoms with Crippen molar-refractivity contribution in [3.05, 3.63) is 46.3 Å². The Morgan fingerprint density at radius 1 is 1.47 bits per heavy atom. The summed E-state index contributed by atoms with van der Waals surface area (Å²) in [6.07, 6.45) is 1.36. The van der Waals surface area contributed by atoms with E-state index in [4.69, 9.17) is 4.74 Å². The number of rotatable bonds is 4. The minimum Gasteiger partial charge on any atom is -0.496 e. The molecule has 6 heteroatoms. The van der Waals surface area contributed by atoms with Crippen LogP contribution in [-0.4, -0.2) is 18.2 Å². The van der Waals surface area contributed by atoms with Crippen molar-refractivity contribution < 1.29 is 14.1 Å². The van der Waals surface area contributed by atoms with Gasteiger partial charge in [0.1, 0.15) is 12.0 Å². The van der Waals surface area contributed by atoms with Crippen molar-refractivity contribution in [1.29, 1.82) is 0 Å². The van der Waals surface area contributed by atoms with Crippen molar-refractivity contribution in [2.24, 2.45) is 0 Å². The van der Waals surface area contributed by atoms with Crippen molar-refractivity contribution >= 4 is 21.8 Å². The van der Waals surface area contributed by atoms with Crippen molar-refractivity contribution in [3.8, 4) is 5.75 Å². The molecule has 19 heavy (non-hydrogen) atoms. The molecular weight excluding hydrogens is 312 g/mol. The molecule has 0 aliphatic rings. The van der Waals surface area contributed by atoms with Gasteiger partial charge in [0.05, 0.1) is 13.2 Å². The number of hydrogen-bond donors (Lipinski definition) is 1. The summed E-state index contributed by atoms with van der Waals surface area (Å²) in [4.78, 5) is 11.9. The molecule has 0 bridgehead atoms. The second kappa shape index (κ2) is 5.88. The number of carbonyl (C=O) groups is 1. The summed E-state index contributed by atoms with van der Waals surface area (Å²) < 4.78 is 10.9. The molecule has 0 radical (unpaired) electrons. The van der Waals surface area contributed by atoms with E-state index in [1.54, 1.807) is 7.11 Å². The maximum absolute atomic E-state index is 11.9. The highest BCUT2D eigenvalue weighted by Gasteiger charge is 2.16. The number of halogens is 1.